The van der Waals surface area contributed by atoms with Crippen LogP contribution in [-0.4, -0.2) is 36.0 Å². The van der Waals surface area contributed by atoms with Gasteiger partial charge in [-0.25, -0.2) is 18.2 Å². The largest absolute Gasteiger partial charge is 0.325 e. The second kappa shape index (κ2) is 7.44. The molecule has 4 aromatic rings. The molecule has 2 unspecified atom stereocenters. The number of aromatic nitrogens is 4. The number of aryl methyl sites for hydroxylation is 2. The molecule has 0 saturated carbocycles. The predicted molar refractivity (Wildman–Crippen MR) is 119 cm³/mol. The lowest BCUT2D eigenvalue weighted by Gasteiger charge is -2.45. The Labute approximate surface area is 193 Å². The fourth-order valence-corrected chi connectivity index (χ4v) is 5.70. The zero-order chi connectivity index (χ0) is 23.7. The Hall–Kier alpha value is -3.62. The standard InChI is InChI=1S/C25H22F3N5O/c1-13-23(32-9-4-3-8-20(32)29-13)25(34)33-15-6-5-7-19(33)22-16(12-15)24(31(2)30-22)14-10-17(26)21(28)18(27)11-14/h3-4,8-11,15,19H,5-7,12H2,1-2H3. The molecule has 1 saturated heterocycles. The second-order valence-electron chi connectivity index (χ2n) is 9.08. The first-order valence-corrected chi connectivity index (χ1v) is 11.3. The highest BCUT2D eigenvalue weighted by molar-refractivity contribution is 5.95. The zero-order valence-corrected chi connectivity index (χ0v) is 18.7. The van der Waals surface area contributed by atoms with Gasteiger partial charge in [-0.15, -0.1) is 0 Å². The SMILES string of the molecule is Cc1nc2ccccn2c1C(=O)N1C2CCCC1c1nn(C)c(-c3cc(F)c(F)c(F)c3)c1C2. The van der Waals surface area contributed by atoms with Crippen LogP contribution in [0.5, 0.6) is 0 Å². The Kier molecular flexibility index (Phi) is 4.59. The van der Waals surface area contributed by atoms with E-state index >= 15 is 0 Å². The number of pyridine rings is 1. The molecule has 2 aliphatic heterocycles. The van der Waals surface area contributed by atoms with Gasteiger partial charge in [0.25, 0.3) is 5.91 Å². The highest BCUT2D eigenvalue weighted by atomic mass is 19.2. The summed E-state index contributed by atoms with van der Waals surface area (Å²) in [6.07, 6.45) is 4.86. The number of halogens is 3. The molecular formula is C25H22F3N5O. The molecule has 1 amide bonds. The quantitative estimate of drug-likeness (QED) is 0.402. The van der Waals surface area contributed by atoms with Crippen LogP contribution in [0.3, 0.4) is 0 Å². The maximum atomic E-state index is 14.0. The summed E-state index contributed by atoms with van der Waals surface area (Å²) in [4.78, 5) is 20.4. The highest BCUT2D eigenvalue weighted by Gasteiger charge is 2.44. The van der Waals surface area contributed by atoms with Crippen LogP contribution in [0.2, 0.25) is 0 Å². The first kappa shape index (κ1) is 20.9. The first-order chi connectivity index (χ1) is 16.3. The molecule has 174 valence electrons. The van der Waals surface area contributed by atoms with E-state index in [1.165, 1.54) is 0 Å². The van der Waals surface area contributed by atoms with Gasteiger partial charge in [0.1, 0.15) is 11.3 Å². The molecule has 1 fully saturated rings. The van der Waals surface area contributed by atoms with Crippen LogP contribution >= 0.6 is 0 Å². The summed E-state index contributed by atoms with van der Waals surface area (Å²) in [6, 6.07) is 7.30. The fraction of sp³-hybridized carbons (Fsp3) is 0.320. The molecule has 2 atom stereocenters. The second-order valence-corrected chi connectivity index (χ2v) is 9.08. The molecule has 9 heteroatoms. The van der Waals surface area contributed by atoms with Crippen LogP contribution in [0.25, 0.3) is 16.9 Å². The summed E-state index contributed by atoms with van der Waals surface area (Å²) in [7, 11) is 1.71. The molecule has 3 aromatic heterocycles. The van der Waals surface area contributed by atoms with Crippen molar-refractivity contribution in [2.45, 2.75) is 44.7 Å². The number of imidazole rings is 1. The average Bonchev–Trinajstić information content (AvgIpc) is 3.31. The number of benzene rings is 1. The minimum atomic E-state index is -1.49. The van der Waals surface area contributed by atoms with Crippen LogP contribution in [0, 0.1) is 24.4 Å². The summed E-state index contributed by atoms with van der Waals surface area (Å²) in [5.41, 5.74) is 4.31. The van der Waals surface area contributed by atoms with Crippen molar-refractivity contribution >= 4 is 11.6 Å². The van der Waals surface area contributed by atoms with Crippen molar-refractivity contribution in [3.8, 4) is 11.3 Å². The van der Waals surface area contributed by atoms with Gasteiger partial charge in [-0.2, -0.15) is 5.10 Å². The zero-order valence-electron chi connectivity index (χ0n) is 18.7. The Bertz CT molecular complexity index is 1450. The van der Waals surface area contributed by atoms with Crippen molar-refractivity contribution in [3.05, 3.63) is 76.6 Å². The van der Waals surface area contributed by atoms with E-state index in [-0.39, 0.29) is 23.6 Å². The first-order valence-electron chi connectivity index (χ1n) is 11.3. The average molecular weight is 465 g/mol. The van der Waals surface area contributed by atoms with Gasteiger partial charge in [-0.05, 0) is 56.9 Å². The number of piperidine rings is 1. The van der Waals surface area contributed by atoms with Crippen molar-refractivity contribution in [3.63, 3.8) is 0 Å². The monoisotopic (exact) mass is 465 g/mol. The predicted octanol–water partition coefficient (Wildman–Crippen LogP) is 4.75. The maximum Gasteiger partial charge on any atom is 0.273 e. The van der Waals surface area contributed by atoms with E-state index in [0.29, 0.717) is 29.1 Å². The molecule has 6 rings (SSSR count). The van der Waals surface area contributed by atoms with Crippen molar-refractivity contribution in [1.82, 2.24) is 24.1 Å². The highest BCUT2D eigenvalue weighted by Crippen LogP contribution is 2.45. The molecule has 34 heavy (non-hydrogen) atoms. The summed E-state index contributed by atoms with van der Waals surface area (Å²) in [5, 5.41) is 4.69. The van der Waals surface area contributed by atoms with Crippen LogP contribution < -0.4 is 0 Å². The van der Waals surface area contributed by atoms with Gasteiger partial charge in [0.15, 0.2) is 17.5 Å². The third-order valence-corrected chi connectivity index (χ3v) is 7.07. The van der Waals surface area contributed by atoms with Crippen LogP contribution in [-0.2, 0) is 13.5 Å². The summed E-state index contributed by atoms with van der Waals surface area (Å²) < 4.78 is 45.0. The van der Waals surface area contributed by atoms with Gasteiger partial charge in [0.2, 0.25) is 0 Å². The molecule has 2 aliphatic rings. The molecule has 0 spiro atoms. The summed E-state index contributed by atoms with van der Waals surface area (Å²) >= 11 is 0. The molecule has 2 bridgehead atoms. The van der Waals surface area contributed by atoms with E-state index in [1.807, 2.05) is 40.6 Å². The van der Waals surface area contributed by atoms with E-state index in [1.54, 1.807) is 11.7 Å². The Balaban J connectivity index is 1.46. The maximum absolute atomic E-state index is 14.0. The number of rotatable bonds is 2. The van der Waals surface area contributed by atoms with Gasteiger partial charge in [0, 0.05) is 30.4 Å². The van der Waals surface area contributed by atoms with E-state index in [9.17, 15) is 18.0 Å². The number of nitrogens with zero attached hydrogens (tertiary/aromatic N) is 5. The Morgan fingerprint density at radius 3 is 2.65 bits per heavy atom. The van der Waals surface area contributed by atoms with Crippen molar-refractivity contribution in [2.24, 2.45) is 7.05 Å². The molecule has 0 aliphatic carbocycles. The van der Waals surface area contributed by atoms with Crippen LogP contribution in [0.1, 0.15) is 52.7 Å². The molecule has 6 nitrogen and oxygen atoms in total. The third kappa shape index (κ3) is 2.92. The smallest absolute Gasteiger partial charge is 0.273 e. The van der Waals surface area contributed by atoms with Gasteiger partial charge < -0.3 is 4.90 Å². The third-order valence-electron chi connectivity index (χ3n) is 7.07. The molecule has 1 aromatic carbocycles. The Morgan fingerprint density at radius 2 is 1.88 bits per heavy atom. The van der Waals surface area contributed by atoms with E-state index < -0.39 is 17.5 Å². The molecule has 5 heterocycles. The normalized spacial score (nSPS) is 19.5. The van der Waals surface area contributed by atoms with Gasteiger partial charge in [-0.1, -0.05) is 6.07 Å². The summed E-state index contributed by atoms with van der Waals surface area (Å²) in [5.74, 6) is -4.05. The van der Waals surface area contributed by atoms with Crippen molar-refractivity contribution in [2.75, 3.05) is 0 Å². The van der Waals surface area contributed by atoms with Gasteiger partial charge in [-0.3, -0.25) is 13.9 Å². The topological polar surface area (TPSA) is 55.4 Å². The van der Waals surface area contributed by atoms with E-state index in [0.717, 1.165) is 42.7 Å². The lowest BCUT2D eigenvalue weighted by Crippen LogP contribution is -2.50. The lowest BCUT2D eigenvalue weighted by atomic mass is 9.81. The van der Waals surface area contributed by atoms with Crippen LogP contribution in [0.4, 0.5) is 13.2 Å². The minimum absolute atomic E-state index is 0.0782. The Morgan fingerprint density at radius 1 is 1.12 bits per heavy atom. The molecule has 0 N–H and O–H groups in total. The number of hydrogen-bond acceptors (Lipinski definition) is 3. The minimum Gasteiger partial charge on any atom is -0.325 e. The lowest BCUT2D eigenvalue weighted by molar-refractivity contribution is 0.0384. The van der Waals surface area contributed by atoms with Gasteiger partial charge in [0.05, 0.1) is 23.1 Å². The van der Waals surface area contributed by atoms with Crippen LogP contribution in [0.15, 0.2) is 36.5 Å². The van der Waals surface area contributed by atoms with Gasteiger partial charge >= 0.3 is 0 Å². The van der Waals surface area contributed by atoms with Crippen molar-refractivity contribution in [1.29, 1.82) is 0 Å². The number of fused-ring (bicyclic) bond motifs is 5. The van der Waals surface area contributed by atoms with Crippen molar-refractivity contribution < 1.29 is 18.0 Å². The number of carbonyl (C=O) groups is 1. The summed E-state index contributed by atoms with van der Waals surface area (Å²) in [6.45, 7) is 1.84. The molecular weight excluding hydrogens is 443 g/mol. The van der Waals surface area contributed by atoms with E-state index in [4.69, 9.17) is 5.10 Å². The number of carbonyl (C=O) groups excluding carboxylic acids is 1. The van der Waals surface area contributed by atoms with E-state index in [2.05, 4.69) is 4.98 Å². The number of amides is 1. The number of hydrogen-bond donors (Lipinski definition) is 0. The molecule has 0 radical (unpaired) electrons. The fourth-order valence-electron chi connectivity index (χ4n) is 5.70.